The summed E-state index contributed by atoms with van der Waals surface area (Å²) in [5.41, 5.74) is 4.27. The van der Waals surface area contributed by atoms with Crippen LogP contribution in [0.25, 0.3) is 10.9 Å². The summed E-state index contributed by atoms with van der Waals surface area (Å²) in [6.07, 6.45) is 2.56. The van der Waals surface area contributed by atoms with Crippen molar-refractivity contribution in [1.29, 1.82) is 0 Å². The van der Waals surface area contributed by atoms with Crippen LogP contribution in [0.3, 0.4) is 0 Å². The Balaban J connectivity index is 1.21. The molecular formula is C27H28N4O2S. The number of aromatic nitrogens is 2. The van der Waals surface area contributed by atoms with Crippen LogP contribution in [0, 0.1) is 0 Å². The topological polar surface area (TPSA) is 67.4 Å². The second-order valence-corrected chi connectivity index (χ2v) is 10.1. The van der Waals surface area contributed by atoms with E-state index in [9.17, 15) is 4.21 Å². The Morgan fingerprint density at radius 1 is 0.912 bits per heavy atom. The number of ether oxygens (including phenoxy) is 1. The molecule has 6 nitrogen and oxygen atoms in total. The Kier molecular flexibility index (Phi) is 7.12. The zero-order valence-electron chi connectivity index (χ0n) is 19.0. The highest BCUT2D eigenvalue weighted by molar-refractivity contribution is 7.85. The second-order valence-electron chi connectivity index (χ2n) is 8.44. The zero-order valence-corrected chi connectivity index (χ0v) is 19.8. The molecular weight excluding hydrogens is 444 g/mol. The fraction of sp³-hybridized carbons (Fsp3) is 0.259. The van der Waals surface area contributed by atoms with Crippen LogP contribution in [0.4, 0.5) is 11.5 Å². The molecule has 7 heteroatoms. The minimum atomic E-state index is -0.630. The molecule has 0 spiro atoms. The van der Waals surface area contributed by atoms with Gasteiger partial charge in [0.25, 0.3) is 0 Å². The summed E-state index contributed by atoms with van der Waals surface area (Å²) in [6, 6.07) is 24.4. The molecule has 0 bridgehead atoms. The molecule has 174 valence electrons. The maximum atomic E-state index is 11.5. The SMILES string of the molecule is O=S1CCN(CCc2ccc3c(Nc4ccc(OCc5ccccc5)cc4)ncnc3c2)CC1. The number of nitrogens with zero attached hydrogens (tertiary/aromatic N) is 3. The largest absolute Gasteiger partial charge is 0.489 e. The summed E-state index contributed by atoms with van der Waals surface area (Å²) < 4.78 is 17.4. The third kappa shape index (κ3) is 5.79. The number of hydrogen-bond donors (Lipinski definition) is 1. The minimum Gasteiger partial charge on any atom is -0.489 e. The molecule has 0 atom stereocenters. The van der Waals surface area contributed by atoms with Gasteiger partial charge < -0.3 is 15.0 Å². The molecule has 1 aliphatic rings. The standard InChI is InChI=1S/C27H28N4O2S/c32-34-16-14-31(15-17-34)13-12-21-6-11-25-26(18-21)28-20-29-27(25)30-23-7-9-24(10-8-23)33-19-22-4-2-1-3-5-22/h1-11,18,20H,12-17,19H2,(H,28,29,30). The first-order chi connectivity index (χ1) is 16.7. The summed E-state index contributed by atoms with van der Waals surface area (Å²) in [4.78, 5) is 11.4. The third-order valence-electron chi connectivity index (χ3n) is 6.05. The van der Waals surface area contributed by atoms with Gasteiger partial charge in [-0.2, -0.15) is 0 Å². The van der Waals surface area contributed by atoms with E-state index in [0.29, 0.717) is 6.61 Å². The van der Waals surface area contributed by atoms with Gasteiger partial charge in [0.15, 0.2) is 0 Å². The predicted octanol–water partition coefficient (Wildman–Crippen LogP) is 4.56. The van der Waals surface area contributed by atoms with Crippen molar-refractivity contribution >= 4 is 33.2 Å². The number of hydrogen-bond acceptors (Lipinski definition) is 6. The Morgan fingerprint density at radius 3 is 2.50 bits per heavy atom. The molecule has 5 rings (SSSR count). The molecule has 0 amide bonds. The monoisotopic (exact) mass is 472 g/mol. The average molecular weight is 473 g/mol. The number of anilines is 2. The zero-order chi connectivity index (χ0) is 23.2. The lowest BCUT2D eigenvalue weighted by molar-refractivity contribution is 0.303. The Labute approximate surface area is 202 Å². The first kappa shape index (κ1) is 22.5. The molecule has 0 aliphatic carbocycles. The van der Waals surface area contributed by atoms with E-state index in [-0.39, 0.29) is 0 Å². The van der Waals surface area contributed by atoms with Crippen LogP contribution in [-0.4, -0.2) is 50.2 Å². The van der Waals surface area contributed by atoms with Crippen molar-refractivity contribution in [2.24, 2.45) is 0 Å². The van der Waals surface area contributed by atoms with E-state index in [0.717, 1.165) is 71.3 Å². The van der Waals surface area contributed by atoms with Crippen LogP contribution in [0.1, 0.15) is 11.1 Å². The lowest BCUT2D eigenvalue weighted by Gasteiger charge is -2.25. The van der Waals surface area contributed by atoms with Crippen LogP contribution in [0.2, 0.25) is 0 Å². The maximum absolute atomic E-state index is 11.5. The van der Waals surface area contributed by atoms with Gasteiger partial charge in [-0.05, 0) is 53.9 Å². The van der Waals surface area contributed by atoms with Crippen molar-refractivity contribution in [2.45, 2.75) is 13.0 Å². The lowest BCUT2D eigenvalue weighted by atomic mass is 10.1. The molecule has 0 saturated carbocycles. The minimum absolute atomic E-state index is 0.545. The van der Waals surface area contributed by atoms with E-state index < -0.39 is 10.8 Å². The van der Waals surface area contributed by atoms with E-state index in [1.54, 1.807) is 6.33 Å². The molecule has 2 heterocycles. The normalized spacial score (nSPS) is 14.8. The first-order valence-electron chi connectivity index (χ1n) is 11.6. The fourth-order valence-corrected chi connectivity index (χ4v) is 5.18. The highest BCUT2D eigenvalue weighted by atomic mass is 32.2. The van der Waals surface area contributed by atoms with Crippen LogP contribution < -0.4 is 10.1 Å². The van der Waals surface area contributed by atoms with Crippen molar-refractivity contribution in [3.63, 3.8) is 0 Å². The Hall–Kier alpha value is -3.29. The second kappa shape index (κ2) is 10.8. The predicted molar refractivity (Wildman–Crippen MR) is 138 cm³/mol. The van der Waals surface area contributed by atoms with Gasteiger partial charge in [0.2, 0.25) is 0 Å². The molecule has 1 fully saturated rings. The van der Waals surface area contributed by atoms with Gasteiger partial charge in [0.1, 0.15) is 24.5 Å². The number of rotatable bonds is 8. The summed E-state index contributed by atoms with van der Waals surface area (Å²) in [5.74, 6) is 3.19. The molecule has 34 heavy (non-hydrogen) atoms. The summed E-state index contributed by atoms with van der Waals surface area (Å²) >= 11 is 0. The van der Waals surface area contributed by atoms with Crippen molar-refractivity contribution < 1.29 is 8.95 Å². The van der Waals surface area contributed by atoms with Crippen LogP contribution >= 0.6 is 0 Å². The van der Waals surface area contributed by atoms with E-state index in [1.165, 1.54) is 5.56 Å². The van der Waals surface area contributed by atoms with Gasteiger partial charge in [-0.3, -0.25) is 4.21 Å². The molecule has 1 aliphatic heterocycles. The van der Waals surface area contributed by atoms with E-state index >= 15 is 0 Å². The molecule has 1 saturated heterocycles. The molecule has 0 unspecified atom stereocenters. The molecule has 0 radical (unpaired) electrons. The third-order valence-corrected chi connectivity index (χ3v) is 7.33. The van der Waals surface area contributed by atoms with Crippen molar-refractivity contribution in [1.82, 2.24) is 14.9 Å². The number of fused-ring (bicyclic) bond motifs is 1. The summed E-state index contributed by atoms with van der Waals surface area (Å²) in [5, 5.41) is 4.40. The Bertz CT molecular complexity index is 1250. The molecule has 3 aromatic carbocycles. The van der Waals surface area contributed by atoms with Gasteiger partial charge >= 0.3 is 0 Å². The molecule has 4 aromatic rings. The Morgan fingerprint density at radius 2 is 1.71 bits per heavy atom. The van der Waals surface area contributed by atoms with Crippen molar-refractivity contribution in [3.8, 4) is 5.75 Å². The molecule has 1 N–H and O–H groups in total. The van der Waals surface area contributed by atoms with Crippen LogP contribution in [0.15, 0.2) is 79.1 Å². The smallest absolute Gasteiger partial charge is 0.141 e. The molecule has 1 aromatic heterocycles. The van der Waals surface area contributed by atoms with Gasteiger partial charge in [-0.15, -0.1) is 0 Å². The number of benzene rings is 3. The van der Waals surface area contributed by atoms with E-state index in [4.69, 9.17) is 4.74 Å². The van der Waals surface area contributed by atoms with Crippen molar-refractivity contribution in [3.05, 3.63) is 90.3 Å². The van der Waals surface area contributed by atoms with Crippen LogP contribution in [-0.2, 0) is 23.8 Å². The lowest BCUT2D eigenvalue weighted by Crippen LogP contribution is -2.38. The van der Waals surface area contributed by atoms with Crippen LogP contribution in [0.5, 0.6) is 5.75 Å². The quantitative estimate of drug-likeness (QED) is 0.406. The van der Waals surface area contributed by atoms with Crippen molar-refractivity contribution in [2.75, 3.05) is 36.5 Å². The average Bonchev–Trinajstić information content (AvgIpc) is 2.88. The highest BCUT2D eigenvalue weighted by Crippen LogP contribution is 2.25. The summed E-state index contributed by atoms with van der Waals surface area (Å²) in [7, 11) is -0.630. The summed E-state index contributed by atoms with van der Waals surface area (Å²) in [6.45, 7) is 3.38. The van der Waals surface area contributed by atoms with Gasteiger partial charge in [-0.1, -0.05) is 36.4 Å². The van der Waals surface area contributed by atoms with E-state index in [1.807, 2.05) is 42.5 Å². The number of nitrogens with one attached hydrogen (secondary N) is 1. The fourth-order valence-electron chi connectivity index (χ4n) is 4.06. The van der Waals surface area contributed by atoms with Gasteiger partial charge in [0.05, 0.1) is 5.52 Å². The van der Waals surface area contributed by atoms with Gasteiger partial charge in [0, 0.05) is 53.0 Å². The van der Waals surface area contributed by atoms with Gasteiger partial charge in [-0.25, -0.2) is 9.97 Å². The first-order valence-corrected chi connectivity index (χ1v) is 13.1. The van der Waals surface area contributed by atoms with E-state index in [2.05, 4.69) is 50.5 Å². The maximum Gasteiger partial charge on any atom is 0.141 e. The highest BCUT2D eigenvalue weighted by Gasteiger charge is 2.15.